The van der Waals surface area contributed by atoms with Gasteiger partial charge in [0.25, 0.3) is 0 Å². The lowest BCUT2D eigenvalue weighted by molar-refractivity contribution is -0.115. The van der Waals surface area contributed by atoms with Crippen LogP contribution in [0, 0.1) is 0 Å². The fourth-order valence-electron chi connectivity index (χ4n) is 1.10. The van der Waals surface area contributed by atoms with Gasteiger partial charge in [0.05, 0.1) is 5.76 Å². The van der Waals surface area contributed by atoms with Crippen molar-refractivity contribution in [1.29, 1.82) is 0 Å². The molecular formula is C7H10O2. The molecule has 0 aliphatic heterocycles. The average molecular weight is 126 g/mol. The highest BCUT2D eigenvalue weighted by molar-refractivity contribution is 5.98. The van der Waals surface area contributed by atoms with Gasteiger partial charge in [0.15, 0.2) is 5.78 Å². The third-order valence-corrected chi connectivity index (χ3v) is 1.63. The Bertz CT molecular complexity index is 168. The predicted molar refractivity (Wildman–Crippen MR) is 34.2 cm³/mol. The SMILES string of the molecule is CCC1=C(O)CCC1=O. The Morgan fingerprint density at radius 1 is 1.56 bits per heavy atom. The molecule has 0 unspecified atom stereocenters. The van der Waals surface area contributed by atoms with E-state index in [2.05, 4.69) is 0 Å². The minimum Gasteiger partial charge on any atom is -0.512 e. The van der Waals surface area contributed by atoms with E-state index in [1.807, 2.05) is 6.92 Å². The number of aliphatic hydroxyl groups excluding tert-OH is 1. The van der Waals surface area contributed by atoms with Gasteiger partial charge >= 0.3 is 0 Å². The molecule has 1 aliphatic rings. The molecule has 0 aromatic heterocycles. The second kappa shape index (κ2) is 2.21. The molecule has 0 saturated heterocycles. The first kappa shape index (κ1) is 6.33. The summed E-state index contributed by atoms with van der Waals surface area (Å²) in [5.74, 6) is 0.428. The lowest BCUT2D eigenvalue weighted by atomic mass is 10.2. The summed E-state index contributed by atoms with van der Waals surface area (Å²) < 4.78 is 0. The third kappa shape index (κ3) is 0.969. The zero-order chi connectivity index (χ0) is 6.85. The van der Waals surface area contributed by atoms with Crippen LogP contribution in [0.25, 0.3) is 0 Å². The number of hydrogen-bond donors (Lipinski definition) is 1. The summed E-state index contributed by atoms with van der Waals surface area (Å²) in [7, 11) is 0. The maximum atomic E-state index is 10.8. The van der Waals surface area contributed by atoms with Crippen LogP contribution in [0.2, 0.25) is 0 Å². The standard InChI is InChI=1S/C7H10O2/c1-2-5-6(8)3-4-7(5)9/h8H,2-4H2,1H3. The first-order chi connectivity index (χ1) is 4.25. The molecule has 1 N–H and O–H groups in total. The van der Waals surface area contributed by atoms with Gasteiger partial charge in [-0.15, -0.1) is 0 Å². The van der Waals surface area contributed by atoms with Gasteiger partial charge in [-0.1, -0.05) is 6.92 Å². The van der Waals surface area contributed by atoms with Crippen molar-refractivity contribution in [2.45, 2.75) is 26.2 Å². The first-order valence-corrected chi connectivity index (χ1v) is 3.20. The highest BCUT2D eigenvalue weighted by atomic mass is 16.3. The van der Waals surface area contributed by atoms with E-state index in [4.69, 9.17) is 5.11 Å². The normalized spacial score (nSPS) is 19.4. The molecule has 1 rings (SSSR count). The fourth-order valence-corrected chi connectivity index (χ4v) is 1.10. The second-order valence-corrected chi connectivity index (χ2v) is 2.20. The maximum absolute atomic E-state index is 10.8. The molecule has 0 fully saturated rings. The van der Waals surface area contributed by atoms with Gasteiger partial charge in [-0.25, -0.2) is 0 Å². The van der Waals surface area contributed by atoms with Gasteiger partial charge in [-0.2, -0.15) is 0 Å². The van der Waals surface area contributed by atoms with Crippen molar-refractivity contribution < 1.29 is 9.90 Å². The molecule has 1 aliphatic carbocycles. The van der Waals surface area contributed by atoms with Crippen molar-refractivity contribution in [2.24, 2.45) is 0 Å². The average Bonchev–Trinajstić information content (AvgIpc) is 2.12. The third-order valence-electron chi connectivity index (χ3n) is 1.63. The van der Waals surface area contributed by atoms with Gasteiger partial charge in [-0.3, -0.25) is 4.79 Å². The highest BCUT2D eigenvalue weighted by Gasteiger charge is 2.19. The Morgan fingerprint density at radius 3 is 2.44 bits per heavy atom. The summed E-state index contributed by atoms with van der Waals surface area (Å²) in [5.41, 5.74) is 0.634. The smallest absolute Gasteiger partial charge is 0.162 e. The Labute approximate surface area is 54.2 Å². The van der Waals surface area contributed by atoms with Crippen LogP contribution in [0.5, 0.6) is 0 Å². The fraction of sp³-hybridized carbons (Fsp3) is 0.571. The van der Waals surface area contributed by atoms with E-state index in [0.29, 0.717) is 30.6 Å². The van der Waals surface area contributed by atoms with Crippen LogP contribution < -0.4 is 0 Å². The van der Waals surface area contributed by atoms with E-state index < -0.39 is 0 Å². The zero-order valence-electron chi connectivity index (χ0n) is 5.48. The Kier molecular flexibility index (Phi) is 1.56. The largest absolute Gasteiger partial charge is 0.512 e. The van der Waals surface area contributed by atoms with Crippen molar-refractivity contribution >= 4 is 5.78 Å². The lowest BCUT2D eigenvalue weighted by Crippen LogP contribution is -1.93. The summed E-state index contributed by atoms with van der Waals surface area (Å²) in [6.07, 6.45) is 1.74. The summed E-state index contributed by atoms with van der Waals surface area (Å²) in [4.78, 5) is 10.8. The number of carbonyl (C=O) groups is 1. The second-order valence-electron chi connectivity index (χ2n) is 2.20. The van der Waals surface area contributed by atoms with Gasteiger partial charge in [-0.05, 0) is 6.42 Å². The molecule has 2 nitrogen and oxygen atoms in total. The molecule has 0 spiro atoms. The highest BCUT2D eigenvalue weighted by Crippen LogP contribution is 2.22. The molecule has 0 aromatic rings. The van der Waals surface area contributed by atoms with Crippen molar-refractivity contribution in [1.82, 2.24) is 0 Å². The van der Waals surface area contributed by atoms with E-state index in [1.54, 1.807) is 0 Å². The van der Waals surface area contributed by atoms with Crippen LogP contribution in [0.4, 0.5) is 0 Å². The monoisotopic (exact) mass is 126 g/mol. The number of Topliss-reactive ketones (excluding diaryl/α,β-unsaturated/α-hetero) is 1. The predicted octanol–water partition coefficient (Wildman–Crippen LogP) is 1.57. The molecular weight excluding hydrogens is 116 g/mol. The van der Waals surface area contributed by atoms with Crippen LogP contribution in [0.1, 0.15) is 26.2 Å². The minimum atomic E-state index is 0.120. The number of ketones is 1. The van der Waals surface area contributed by atoms with E-state index in [-0.39, 0.29) is 5.78 Å². The summed E-state index contributed by atoms with van der Waals surface area (Å²) in [6.45, 7) is 1.88. The molecule has 0 atom stereocenters. The molecule has 9 heavy (non-hydrogen) atoms. The van der Waals surface area contributed by atoms with E-state index in [9.17, 15) is 4.79 Å². The molecule has 0 aromatic carbocycles. The number of allylic oxidation sites excluding steroid dienone is 2. The minimum absolute atomic E-state index is 0.120. The summed E-state index contributed by atoms with van der Waals surface area (Å²) in [5, 5.41) is 9.02. The van der Waals surface area contributed by atoms with Crippen LogP contribution in [-0.4, -0.2) is 10.9 Å². The van der Waals surface area contributed by atoms with E-state index in [1.165, 1.54) is 0 Å². The van der Waals surface area contributed by atoms with Crippen molar-refractivity contribution in [3.05, 3.63) is 11.3 Å². The van der Waals surface area contributed by atoms with E-state index in [0.717, 1.165) is 0 Å². The number of rotatable bonds is 1. The number of carbonyl (C=O) groups excluding carboxylic acids is 1. The first-order valence-electron chi connectivity index (χ1n) is 3.20. The lowest BCUT2D eigenvalue weighted by Gasteiger charge is -1.92. The zero-order valence-corrected chi connectivity index (χ0v) is 5.48. The van der Waals surface area contributed by atoms with Crippen molar-refractivity contribution in [2.75, 3.05) is 0 Å². The van der Waals surface area contributed by atoms with Crippen molar-refractivity contribution in [3.8, 4) is 0 Å². The van der Waals surface area contributed by atoms with Gasteiger partial charge in [0, 0.05) is 18.4 Å². The number of hydrogen-bond acceptors (Lipinski definition) is 2. The number of aliphatic hydroxyl groups is 1. The molecule has 0 saturated carbocycles. The van der Waals surface area contributed by atoms with Gasteiger partial charge in [0.2, 0.25) is 0 Å². The maximum Gasteiger partial charge on any atom is 0.162 e. The molecule has 0 amide bonds. The van der Waals surface area contributed by atoms with Crippen LogP contribution in [0.15, 0.2) is 11.3 Å². The molecule has 0 heterocycles. The van der Waals surface area contributed by atoms with Crippen LogP contribution in [-0.2, 0) is 4.79 Å². The quantitative estimate of drug-likeness (QED) is 0.579. The Balaban J connectivity index is 2.82. The summed E-state index contributed by atoms with van der Waals surface area (Å²) >= 11 is 0. The van der Waals surface area contributed by atoms with Gasteiger partial charge < -0.3 is 5.11 Å². The topological polar surface area (TPSA) is 37.3 Å². The summed E-state index contributed by atoms with van der Waals surface area (Å²) in [6, 6.07) is 0. The van der Waals surface area contributed by atoms with Crippen LogP contribution >= 0.6 is 0 Å². The molecule has 0 radical (unpaired) electrons. The van der Waals surface area contributed by atoms with Crippen LogP contribution in [0.3, 0.4) is 0 Å². The molecule has 50 valence electrons. The van der Waals surface area contributed by atoms with E-state index >= 15 is 0 Å². The Hall–Kier alpha value is -0.790. The van der Waals surface area contributed by atoms with Gasteiger partial charge in [0.1, 0.15) is 0 Å². The molecule has 2 heteroatoms. The van der Waals surface area contributed by atoms with Crippen molar-refractivity contribution in [3.63, 3.8) is 0 Å². The Morgan fingerprint density at radius 2 is 2.22 bits per heavy atom. The molecule has 0 bridgehead atoms.